The number of anilines is 1. The van der Waals surface area contributed by atoms with Gasteiger partial charge in [-0.25, -0.2) is 14.6 Å². The number of amides is 1. The van der Waals surface area contributed by atoms with Crippen LogP contribution in [0.4, 0.5) is 10.1 Å². The zero-order valence-electron chi connectivity index (χ0n) is 18.0. The molecule has 0 bridgehead atoms. The molecule has 3 rings (SSSR count). The fourth-order valence-corrected chi connectivity index (χ4v) is 2.70. The van der Waals surface area contributed by atoms with Crippen molar-refractivity contribution in [1.82, 2.24) is 5.43 Å². The summed E-state index contributed by atoms with van der Waals surface area (Å²) in [7, 11) is 3.01. The second-order valence-corrected chi connectivity index (χ2v) is 6.68. The highest BCUT2D eigenvalue weighted by molar-refractivity contribution is 5.91. The van der Waals surface area contributed by atoms with E-state index in [1.54, 1.807) is 43.5 Å². The number of benzene rings is 3. The van der Waals surface area contributed by atoms with Crippen LogP contribution in [0.2, 0.25) is 0 Å². The van der Waals surface area contributed by atoms with Gasteiger partial charge in [0.15, 0.2) is 11.5 Å². The summed E-state index contributed by atoms with van der Waals surface area (Å²) in [4.78, 5) is 24.2. The fraction of sp³-hybridized carbons (Fsp3) is 0.125. The molecule has 8 nitrogen and oxygen atoms in total. The van der Waals surface area contributed by atoms with Crippen molar-refractivity contribution in [1.29, 1.82) is 0 Å². The zero-order valence-corrected chi connectivity index (χ0v) is 18.0. The van der Waals surface area contributed by atoms with Gasteiger partial charge in [-0.3, -0.25) is 4.79 Å². The van der Waals surface area contributed by atoms with Crippen molar-refractivity contribution < 1.29 is 28.2 Å². The van der Waals surface area contributed by atoms with Crippen molar-refractivity contribution in [2.75, 3.05) is 26.1 Å². The molecule has 0 aromatic heterocycles. The second-order valence-electron chi connectivity index (χ2n) is 6.68. The van der Waals surface area contributed by atoms with E-state index in [9.17, 15) is 14.0 Å². The number of carbonyl (C=O) groups is 2. The minimum Gasteiger partial charge on any atom is -0.497 e. The van der Waals surface area contributed by atoms with Crippen LogP contribution in [-0.4, -0.2) is 38.9 Å². The third kappa shape index (κ3) is 6.79. The summed E-state index contributed by atoms with van der Waals surface area (Å²) in [5, 5.41) is 6.89. The van der Waals surface area contributed by atoms with E-state index in [0.717, 1.165) is 11.4 Å². The lowest BCUT2D eigenvalue weighted by atomic mass is 10.2. The molecule has 0 radical (unpaired) electrons. The Balaban J connectivity index is 1.54. The van der Waals surface area contributed by atoms with Crippen molar-refractivity contribution in [3.05, 3.63) is 83.7 Å². The van der Waals surface area contributed by atoms with Gasteiger partial charge in [0, 0.05) is 5.69 Å². The van der Waals surface area contributed by atoms with Crippen molar-refractivity contribution >= 4 is 23.8 Å². The Morgan fingerprint density at radius 1 is 0.939 bits per heavy atom. The second kappa shape index (κ2) is 11.3. The first-order valence-electron chi connectivity index (χ1n) is 9.84. The molecule has 3 aromatic rings. The predicted molar refractivity (Wildman–Crippen MR) is 122 cm³/mol. The molecule has 2 N–H and O–H groups in total. The maximum Gasteiger partial charge on any atom is 0.343 e. The van der Waals surface area contributed by atoms with Crippen LogP contribution in [0.5, 0.6) is 17.2 Å². The maximum atomic E-state index is 13.0. The van der Waals surface area contributed by atoms with E-state index in [2.05, 4.69) is 15.8 Å². The molecule has 0 fully saturated rings. The highest BCUT2D eigenvalue weighted by Crippen LogP contribution is 2.28. The van der Waals surface area contributed by atoms with Gasteiger partial charge in [0.25, 0.3) is 5.91 Å². The molecule has 170 valence electrons. The first-order valence-corrected chi connectivity index (χ1v) is 9.84. The van der Waals surface area contributed by atoms with Crippen LogP contribution in [0.1, 0.15) is 15.9 Å². The quantitative estimate of drug-likeness (QED) is 0.223. The van der Waals surface area contributed by atoms with Crippen molar-refractivity contribution in [3.8, 4) is 17.2 Å². The lowest BCUT2D eigenvalue weighted by Crippen LogP contribution is -2.25. The fourth-order valence-electron chi connectivity index (χ4n) is 2.70. The van der Waals surface area contributed by atoms with Crippen molar-refractivity contribution in [3.63, 3.8) is 0 Å². The number of nitrogens with one attached hydrogen (secondary N) is 2. The number of methoxy groups -OCH3 is 2. The van der Waals surface area contributed by atoms with E-state index in [1.807, 2.05) is 0 Å². The van der Waals surface area contributed by atoms with E-state index < -0.39 is 11.8 Å². The molecule has 0 saturated heterocycles. The Hall–Kier alpha value is -4.40. The molecular weight excluding hydrogens is 429 g/mol. The van der Waals surface area contributed by atoms with Gasteiger partial charge in [-0.2, -0.15) is 5.10 Å². The number of halogens is 1. The van der Waals surface area contributed by atoms with Gasteiger partial charge in [0.05, 0.1) is 32.5 Å². The van der Waals surface area contributed by atoms with Crippen LogP contribution >= 0.6 is 0 Å². The third-order valence-corrected chi connectivity index (χ3v) is 4.42. The number of hydrazone groups is 1. The molecular formula is C24H22FN3O5. The lowest BCUT2D eigenvalue weighted by molar-refractivity contribution is -0.119. The standard InChI is InChI=1S/C24H22FN3O5/c1-31-20-10-8-19(9-11-20)26-15-23(29)28-27-14-16-3-12-21(22(13-16)32-2)33-24(30)17-4-6-18(25)7-5-17/h3-14,26H,15H2,1-2H3,(H,28,29)/b27-14+. The summed E-state index contributed by atoms with van der Waals surface area (Å²) in [5.41, 5.74) is 4.00. The largest absolute Gasteiger partial charge is 0.497 e. The van der Waals surface area contributed by atoms with Crippen LogP contribution in [0.3, 0.4) is 0 Å². The number of nitrogens with zero attached hydrogens (tertiary/aromatic N) is 1. The molecule has 0 aliphatic rings. The van der Waals surface area contributed by atoms with E-state index in [1.165, 1.54) is 43.7 Å². The van der Waals surface area contributed by atoms with Gasteiger partial charge >= 0.3 is 5.97 Å². The van der Waals surface area contributed by atoms with Gasteiger partial charge in [-0.15, -0.1) is 0 Å². The minimum absolute atomic E-state index is 0.0330. The Labute approximate surface area is 190 Å². The average Bonchev–Trinajstić information content (AvgIpc) is 2.84. The normalized spacial score (nSPS) is 10.5. The van der Waals surface area contributed by atoms with E-state index in [0.29, 0.717) is 11.3 Å². The van der Waals surface area contributed by atoms with Gasteiger partial charge in [-0.05, 0) is 72.3 Å². The molecule has 0 spiro atoms. The van der Waals surface area contributed by atoms with Crippen LogP contribution in [0.15, 0.2) is 71.8 Å². The Morgan fingerprint density at radius 3 is 2.33 bits per heavy atom. The Bertz CT molecular complexity index is 1130. The molecule has 1 amide bonds. The van der Waals surface area contributed by atoms with Crippen molar-refractivity contribution in [2.24, 2.45) is 5.10 Å². The van der Waals surface area contributed by atoms with Crippen LogP contribution in [0, 0.1) is 5.82 Å². The number of carbonyl (C=O) groups excluding carboxylic acids is 2. The number of hydrogen-bond donors (Lipinski definition) is 2. The van der Waals surface area contributed by atoms with Crippen molar-refractivity contribution in [2.45, 2.75) is 0 Å². The number of ether oxygens (including phenoxy) is 3. The molecule has 0 aliphatic carbocycles. The highest BCUT2D eigenvalue weighted by atomic mass is 19.1. The highest BCUT2D eigenvalue weighted by Gasteiger charge is 2.13. The molecule has 0 unspecified atom stereocenters. The monoisotopic (exact) mass is 451 g/mol. The average molecular weight is 451 g/mol. The van der Waals surface area contributed by atoms with E-state index in [4.69, 9.17) is 14.2 Å². The third-order valence-electron chi connectivity index (χ3n) is 4.42. The van der Waals surface area contributed by atoms with Crippen LogP contribution in [-0.2, 0) is 4.79 Å². The smallest absolute Gasteiger partial charge is 0.343 e. The van der Waals surface area contributed by atoms with Crippen LogP contribution < -0.4 is 25.0 Å². The summed E-state index contributed by atoms with van der Waals surface area (Å²) in [6.07, 6.45) is 1.43. The summed E-state index contributed by atoms with van der Waals surface area (Å²) in [5.74, 6) is -0.221. The molecule has 33 heavy (non-hydrogen) atoms. The Kier molecular flexibility index (Phi) is 7.96. The van der Waals surface area contributed by atoms with Gasteiger partial charge in [0.1, 0.15) is 11.6 Å². The van der Waals surface area contributed by atoms with Crippen LogP contribution in [0.25, 0.3) is 0 Å². The number of hydrogen-bond acceptors (Lipinski definition) is 7. The number of rotatable bonds is 9. The van der Waals surface area contributed by atoms with E-state index in [-0.39, 0.29) is 23.8 Å². The topological polar surface area (TPSA) is 98.3 Å². The maximum absolute atomic E-state index is 13.0. The van der Waals surface area contributed by atoms with Gasteiger partial charge < -0.3 is 19.5 Å². The summed E-state index contributed by atoms with van der Waals surface area (Å²) in [6, 6.07) is 16.9. The molecule has 0 aliphatic heterocycles. The summed E-state index contributed by atoms with van der Waals surface area (Å²) in [6.45, 7) is 0.0330. The van der Waals surface area contributed by atoms with E-state index >= 15 is 0 Å². The first kappa shape index (κ1) is 23.3. The number of esters is 1. The minimum atomic E-state index is -0.647. The molecule has 0 atom stereocenters. The summed E-state index contributed by atoms with van der Waals surface area (Å²) >= 11 is 0. The van der Waals surface area contributed by atoms with Gasteiger partial charge in [-0.1, -0.05) is 0 Å². The predicted octanol–water partition coefficient (Wildman–Crippen LogP) is 3.62. The summed E-state index contributed by atoms with van der Waals surface area (Å²) < 4.78 is 28.7. The molecule has 3 aromatic carbocycles. The SMILES string of the molecule is COc1ccc(NCC(=O)N/N=C/c2ccc(OC(=O)c3ccc(F)cc3)c(OC)c2)cc1. The molecule has 9 heteroatoms. The molecule has 0 saturated carbocycles. The zero-order chi connectivity index (χ0) is 23.6. The lowest BCUT2D eigenvalue weighted by Gasteiger charge is -2.10. The first-order chi connectivity index (χ1) is 16.0. The Morgan fingerprint density at radius 2 is 1.67 bits per heavy atom. The van der Waals surface area contributed by atoms with Gasteiger partial charge in [0.2, 0.25) is 0 Å². The molecule has 0 heterocycles.